The molecule has 2 aromatic heterocycles. The Balaban J connectivity index is 2.33. The summed E-state index contributed by atoms with van der Waals surface area (Å²) in [6.45, 7) is 0. The second-order valence-corrected chi connectivity index (χ2v) is 6.71. The van der Waals surface area contributed by atoms with E-state index in [1.807, 2.05) is 0 Å². The molecule has 0 aliphatic rings. The fourth-order valence-corrected chi connectivity index (χ4v) is 3.92. The zero-order chi connectivity index (χ0) is 16.1. The van der Waals surface area contributed by atoms with Crippen molar-refractivity contribution in [3.8, 4) is 0 Å². The Labute approximate surface area is 155 Å². The lowest BCUT2D eigenvalue weighted by Crippen LogP contribution is -2.23. The summed E-state index contributed by atoms with van der Waals surface area (Å²) in [5.74, 6) is -0.539. The normalized spacial score (nSPS) is 13.6. The van der Waals surface area contributed by atoms with Gasteiger partial charge in [-0.25, -0.2) is 9.97 Å². The van der Waals surface area contributed by atoms with Crippen LogP contribution in [0.1, 0.15) is 23.0 Å². The van der Waals surface area contributed by atoms with Gasteiger partial charge in [-0.3, -0.25) is 4.79 Å². The third-order valence-corrected chi connectivity index (χ3v) is 5.01. The van der Waals surface area contributed by atoms with Gasteiger partial charge in [0, 0.05) is 23.1 Å². The Hall–Kier alpha value is -0.490. The van der Waals surface area contributed by atoms with Crippen LogP contribution in [0.25, 0.3) is 0 Å². The number of alkyl halides is 2. The van der Waals surface area contributed by atoms with Gasteiger partial charge < -0.3 is 0 Å². The zero-order valence-corrected chi connectivity index (χ0v) is 16.0. The number of Topliss-reactive ketones (excluding diaryl/α,β-unsaturated/α-hetero) is 1. The Morgan fingerprint density at radius 2 is 1.36 bits per heavy atom. The van der Waals surface area contributed by atoms with Gasteiger partial charge in [0.15, 0.2) is 0 Å². The monoisotopic (exact) mass is 464 g/mol. The van der Waals surface area contributed by atoms with Crippen molar-refractivity contribution in [2.75, 3.05) is 10.7 Å². The second kappa shape index (κ2) is 8.39. The quantitative estimate of drug-likeness (QED) is 0.444. The van der Waals surface area contributed by atoms with E-state index in [4.69, 9.17) is 23.2 Å². The molecule has 0 aliphatic carbocycles. The molecular formula is C15H12Br2Cl2N2O. The van der Waals surface area contributed by atoms with Crippen LogP contribution in [0.4, 0.5) is 0 Å². The molecule has 22 heavy (non-hydrogen) atoms. The average molecular weight is 467 g/mol. The molecule has 2 rings (SSSR count). The number of pyridine rings is 2. The molecule has 0 N–H and O–H groups in total. The van der Waals surface area contributed by atoms with Crippen molar-refractivity contribution in [1.82, 2.24) is 9.97 Å². The lowest BCUT2D eigenvalue weighted by atomic mass is 9.86. The van der Waals surface area contributed by atoms with E-state index in [-0.39, 0.29) is 17.6 Å². The standard InChI is InChI=1S/C15H12Br2Cl2N2O/c16-7-11(9-1-3-20-13(18)5-9)15(22)12(8-17)10-2-4-21-14(19)6-10/h1-6,11-12H,7-8H2. The van der Waals surface area contributed by atoms with Crippen molar-refractivity contribution in [2.24, 2.45) is 0 Å². The van der Waals surface area contributed by atoms with E-state index in [0.29, 0.717) is 21.0 Å². The van der Waals surface area contributed by atoms with Crippen LogP contribution in [0.2, 0.25) is 10.3 Å². The smallest absolute Gasteiger partial charge is 0.149 e. The summed E-state index contributed by atoms with van der Waals surface area (Å²) in [5, 5.41) is 1.76. The van der Waals surface area contributed by atoms with E-state index in [1.54, 1.807) is 36.7 Å². The molecule has 2 unspecified atom stereocenters. The van der Waals surface area contributed by atoms with Gasteiger partial charge in [-0.05, 0) is 35.4 Å². The third-order valence-electron chi connectivity index (χ3n) is 3.30. The predicted molar refractivity (Wildman–Crippen MR) is 96.6 cm³/mol. The highest BCUT2D eigenvalue weighted by Gasteiger charge is 2.28. The summed E-state index contributed by atoms with van der Waals surface area (Å²) in [6, 6.07) is 7.05. The fourth-order valence-electron chi connectivity index (χ4n) is 2.17. The Kier molecular flexibility index (Phi) is 6.81. The molecule has 116 valence electrons. The van der Waals surface area contributed by atoms with E-state index >= 15 is 0 Å². The highest BCUT2D eigenvalue weighted by Crippen LogP contribution is 2.30. The van der Waals surface area contributed by atoms with Crippen molar-refractivity contribution in [3.63, 3.8) is 0 Å². The van der Waals surface area contributed by atoms with Gasteiger partial charge >= 0.3 is 0 Å². The summed E-state index contributed by atoms with van der Waals surface area (Å²) in [6.07, 6.45) is 3.21. The average Bonchev–Trinajstić information content (AvgIpc) is 2.49. The number of carbonyl (C=O) groups excluding carboxylic acids is 1. The Bertz CT molecular complexity index is 614. The molecule has 0 saturated carbocycles. The maximum absolute atomic E-state index is 12.9. The Morgan fingerprint density at radius 1 is 0.955 bits per heavy atom. The van der Waals surface area contributed by atoms with Gasteiger partial charge in [-0.1, -0.05) is 55.1 Å². The fraction of sp³-hybridized carbons (Fsp3) is 0.267. The topological polar surface area (TPSA) is 42.9 Å². The van der Waals surface area contributed by atoms with E-state index in [1.165, 1.54) is 0 Å². The molecule has 7 heteroatoms. The molecule has 0 amide bonds. The number of ketones is 1. The van der Waals surface area contributed by atoms with Crippen LogP contribution in [-0.4, -0.2) is 26.4 Å². The number of aromatic nitrogens is 2. The molecule has 0 aliphatic heterocycles. The third kappa shape index (κ3) is 4.28. The minimum absolute atomic E-state index is 0.0817. The first-order valence-electron chi connectivity index (χ1n) is 6.45. The molecule has 2 aromatic rings. The van der Waals surface area contributed by atoms with Crippen LogP contribution in [0.5, 0.6) is 0 Å². The van der Waals surface area contributed by atoms with Gasteiger partial charge in [-0.2, -0.15) is 0 Å². The van der Waals surface area contributed by atoms with Crippen LogP contribution < -0.4 is 0 Å². The highest BCUT2D eigenvalue weighted by atomic mass is 79.9. The number of rotatable bonds is 6. The number of hydrogen-bond donors (Lipinski definition) is 0. The molecule has 0 spiro atoms. The van der Waals surface area contributed by atoms with E-state index in [0.717, 1.165) is 11.1 Å². The first-order valence-corrected chi connectivity index (χ1v) is 9.45. The van der Waals surface area contributed by atoms with Crippen molar-refractivity contribution >= 4 is 60.8 Å². The SMILES string of the molecule is O=C(C(CBr)c1ccnc(Cl)c1)C(CBr)c1ccnc(Cl)c1. The minimum atomic E-state index is -0.310. The summed E-state index contributed by atoms with van der Waals surface area (Å²) >= 11 is 18.7. The number of hydrogen-bond acceptors (Lipinski definition) is 3. The van der Waals surface area contributed by atoms with Gasteiger partial charge in [0.25, 0.3) is 0 Å². The molecule has 0 radical (unpaired) electrons. The number of carbonyl (C=O) groups is 1. The van der Waals surface area contributed by atoms with Crippen molar-refractivity contribution in [2.45, 2.75) is 11.8 Å². The second-order valence-electron chi connectivity index (χ2n) is 4.64. The maximum atomic E-state index is 12.9. The molecule has 0 saturated heterocycles. The summed E-state index contributed by atoms with van der Waals surface area (Å²) in [5.41, 5.74) is 1.68. The Morgan fingerprint density at radius 3 is 1.68 bits per heavy atom. The van der Waals surface area contributed by atoms with Crippen molar-refractivity contribution < 1.29 is 4.79 Å². The van der Waals surface area contributed by atoms with Gasteiger partial charge in [-0.15, -0.1) is 0 Å². The van der Waals surface area contributed by atoms with Crippen LogP contribution >= 0.6 is 55.1 Å². The largest absolute Gasteiger partial charge is 0.298 e. The van der Waals surface area contributed by atoms with E-state index in [2.05, 4.69) is 41.8 Å². The summed E-state index contributed by atoms with van der Waals surface area (Å²) in [4.78, 5) is 20.9. The summed E-state index contributed by atoms with van der Waals surface area (Å²) < 4.78 is 0. The first kappa shape index (κ1) is 17.9. The summed E-state index contributed by atoms with van der Waals surface area (Å²) in [7, 11) is 0. The zero-order valence-electron chi connectivity index (χ0n) is 11.3. The molecule has 0 fully saturated rings. The van der Waals surface area contributed by atoms with Crippen LogP contribution in [0.15, 0.2) is 36.7 Å². The molecule has 0 aromatic carbocycles. The van der Waals surface area contributed by atoms with Crippen LogP contribution in [0, 0.1) is 0 Å². The van der Waals surface area contributed by atoms with Crippen molar-refractivity contribution in [1.29, 1.82) is 0 Å². The molecule has 2 atom stereocenters. The minimum Gasteiger partial charge on any atom is -0.298 e. The van der Waals surface area contributed by atoms with Crippen LogP contribution in [0.3, 0.4) is 0 Å². The van der Waals surface area contributed by atoms with Crippen LogP contribution in [-0.2, 0) is 4.79 Å². The number of halogens is 4. The molecular weight excluding hydrogens is 455 g/mol. The molecule has 0 bridgehead atoms. The van der Waals surface area contributed by atoms with Gasteiger partial charge in [0.2, 0.25) is 0 Å². The van der Waals surface area contributed by atoms with Crippen molar-refractivity contribution in [3.05, 3.63) is 58.1 Å². The highest BCUT2D eigenvalue weighted by molar-refractivity contribution is 9.09. The first-order chi connectivity index (χ1) is 10.6. The molecule has 3 nitrogen and oxygen atoms in total. The lowest BCUT2D eigenvalue weighted by molar-refractivity contribution is -0.121. The number of nitrogens with zero attached hydrogens (tertiary/aromatic N) is 2. The maximum Gasteiger partial charge on any atom is 0.149 e. The van der Waals surface area contributed by atoms with Gasteiger partial charge in [0.05, 0.1) is 11.8 Å². The van der Waals surface area contributed by atoms with E-state index in [9.17, 15) is 4.79 Å². The lowest BCUT2D eigenvalue weighted by Gasteiger charge is -2.20. The molecule has 2 heterocycles. The van der Waals surface area contributed by atoms with Gasteiger partial charge in [0.1, 0.15) is 16.1 Å². The van der Waals surface area contributed by atoms with E-state index < -0.39 is 0 Å². The predicted octanol–water partition coefficient (Wildman–Crippen LogP) is 5.01.